The van der Waals surface area contributed by atoms with E-state index in [1.54, 1.807) is 31.2 Å². The molecule has 2 N–H and O–H groups in total. The lowest BCUT2D eigenvalue weighted by molar-refractivity contribution is -0.138. The monoisotopic (exact) mass is 269 g/mol. The van der Waals surface area contributed by atoms with Crippen molar-refractivity contribution in [2.75, 3.05) is 6.54 Å². The number of amides is 1. The van der Waals surface area contributed by atoms with Crippen LogP contribution in [0.2, 0.25) is 5.02 Å². The number of carboxylic acids is 1. The maximum atomic E-state index is 11.0. The minimum Gasteiger partial charge on any atom is -0.481 e. The maximum absolute atomic E-state index is 11.0. The van der Waals surface area contributed by atoms with Crippen molar-refractivity contribution in [2.45, 2.75) is 25.7 Å². The molecule has 1 rings (SSSR count). The molecule has 98 valence electrons. The predicted octanol–water partition coefficient (Wildman–Crippen LogP) is 2.21. The Morgan fingerprint density at radius 3 is 2.33 bits per heavy atom. The van der Waals surface area contributed by atoms with Crippen molar-refractivity contribution in [3.05, 3.63) is 34.9 Å². The molecule has 0 aliphatic carbocycles. The zero-order valence-corrected chi connectivity index (χ0v) is 11.1. The minimum atomic E-state index is -0.905. The van der Waals surface area contributed by atoms with Crippen LogP contribution in [0.25, 0.3) is 0 Å². The van der Waals surface area contributed by atoms with Crippen LogP contribution in [0.15, 0.2) is 24.3 Å². The van der Waals surface area contributed by atoms with Crippen molar-refractivity contribution < 1.29 is 14.7 Å². The lowest BCUT2D eigenvalue weighted by atomic mass is 9.79. The number of halogens is 1. The quantitative estimate of drug-likeness (QED) is 0.861. The second-order valence-electron chi connectivity index (χ2n) is 4.55. The van der Waals surface area contributed by atoms with Crippen molar-refractivity contribution in [2.24, 2.45) is 0 Å². The normalized spacial score (nSPS) is 13.7. The van der Waals surface area contributed by atoms with Crippen LogP contribution in [0, 0.1) is 0 Å². The van der Waals surface area contributed by atoms with Gasteiger partial charge in [-0.3, -0.25) is 9.59 Å². The SMILES string of the molecule is CC(=O)NCC(C)(CC(=O)O)c1ccc(Cl)cc1. The molecule has 0 saturated carbocycles. The first-order chi connectivity index (χ1) is 8.33. The number of carbonyl (C=O) groups is 2. The van der Waals surface area contributed by atoms with Crippen LogP contribution >= 0.6 is 11.6 Å². The van der Waals surface area contributed by atoms with Crippen molar-refractivity contribution in [3.8, 4) is 0 Å². The second kappa shape index (κ2) is 5.87. The van der Waals surface area contributed by atoms with E-state index in [9.17, 15) is 9.59 Å². The number of carbonyl (C=O) groups excluding carboxylic acids is 1. The van der Waals surface area contributed by atoms with E-state index in [1.165, 1.54) is 6.92 Å². The molecule has 0 aliphatic rings. The summed E-state index contributed by atoms with van der Waals surface area (Å²) in [5, 5.41) is 12.3. The lowest BCUT2D eigenvalue weighted by Crippen LogP contribution is -2.39. The van der Waals surface area contributed by atoms with Gasteiger partial charge in [0.05, 0.1) is 6.42 Å². The van der Waals surface area contributed by atoms with E-state index >= 15 is 0 Å². The molecule has 0 aromatic heterocycles. The van der Waals surface area contributed by atoms with Gasteiger partial charge in [0.1, 0.15) is 0 Å². The van der Waals surface area contributed by atoms with Gasteiger partial charge in [-0.15, -0.1) is 0 Å². The lowest BCUT2D eigenvalue weighted by Gasteiger charge is -2.28. The highest BCUT2D eigenvalue weighted by Gasteiger charge is 2.29. The summed E-state index contributed by atoms with van der Waals surface area (Å²) in [5.74, 6) is -1.08. The van der Waals surface area contributed by atoms with Crippen LogP contribution in [-0.2, 0) is 15.0 Å². The number of carboxylic acid groups (broad SMARTS) is 1. The highest BCUT2D eigenvalue weighted by molar-refractivity contribution is 6.30. The number of hydrogen-bond donors (Lipinski definition) is 2. The van der Waals surface area contributed by atoms with Gasteiger partial charge in [-0.1, -0.05) is 30.7 Å². The van der Waals surface area contributed by atoms with Gasteiger partial charge in [0.2, 0.25) is 5.91 Å². The Labute approximate surface area is 111 Å². The Hall–Kier alpha value is -1.55. The van der Waals surface area contributed by atoms with E-state index in [1.807, 2.05) is 0 Å². The highest BCUT2D eigenvalue weighted by Crippen LogP contribution is 2.28. The Bertz CT molecular complexity index is 444. The zero-order chi connectivity index (χ0) is 13.8. The second-order valence-corrected chi connectivity index (χ2v) is 4.98. The van der Waals surface area contributed by atoms with E-state index in [-0.39, 0.29) is 18.9 Å². The molecule has 18 heavy (non-hydrogen) atoms. The fraction of sp³-hybridized carbons (Fsp3) is 0.385. The third-order valence-corrected chi connectivity index (χ3v) is 3.06. The molecule has 1 aromatic carbocycles. The van der Waals surface area contributed by atoms with Gasteiger partial charge >= 0.3 is 5.97 Å². The van der Waals surface area contributed by atoms with Gasteiger partial charge in [-0.25, -0.2) is 0 Å². The Kier molecular flexibility index (Phi) is 4.73. The van der Waals surface area contributed by atoms with Crippen LogP contribution in [0.3, 0.4) is 0 Å². The van der Waals surface area contributed by atoms with Crippen LogP contribution in [0.1, 0.15) is 25.8 Å². The zero-order valence-electron chi connectivity index (χ0n) is 10.4. The third kappa shape index (κ3) is 4.04. The first-order valence-electron chi connectivity index (χ1n) is 5.56. The van der Waals surface area contributed by atoms with Gasteiger partial charge in [-0.2, -0.15) is 0 Å². The summed E-state index contributed by atoms with van der Waals surface area (Å²) in [6, 6.07) is 7.00. The Morgan fingerprint density at radius 1 is 1.33 bits per heavy atom. The summed E-state index contributed by atoms with van der Waals surface area (Å²) in [5.41, 5.74) is 0.185. The molecule has 1 atom stereocenters. The molecule has 0 radical (unpaired) electrons. The molecular formula is C13H16ClNO3. The number of benzene rings is 1. The third-order valence-electron chi connectivity index (χ3n) is 2.81. The van der Waals surface area contributed by atoms with Gasteiger partial charge < -0.3 is 10.4 Å². The van der Waals surface area contributed by atoms with Gasteiger partial charge in [-0.05, 0) is 17.7 Å². The number of aliphatic carboxylic acids is 1. The molecule has 0 aliphatic heterocycles. The van der Waals surface area contributed by atoms with Crippen molar-refractivity contribution >= 4 is 23.5 Å². The number of hydrogen-bond acceptors (Lipinski definition) is 2. The minimum absolute atomic E-state index is 0.0606. The van der Waals surface area contributed by atoms with E-state index < -0.39 is 11.4 Å². The summed E-state index contributed by atoms with van der Waals surface area (Å²) in [6.45, 7) is 3.49. The molecule has 1 aromatic rings. The average molecular weight is 270 g/mol. The molecule has 0 heterocycles. The van der Waals surface area contributed by atoms with Crippen LogP contribution in [0.4, 0.5) is 0 Å². The Morgan fingerprint density at radius 2 is 1.89 bits per heavy atom. The van der Waals surface area contributed by atoms with E-state index in [2.05, 4.69) is 5.32 Å². The summed E-state index contributed by atoms with van der Waals surface area (Å²) < 4.78 is 0. The van der Waals surface area contributed by atoms with Crippen LogP contribution < -0.4 is 5.32 Å². The molecular weight excluding hydrogens is 254 g/mol. The molecule has 0 fully saturated rings. The van der Waals surface area contributed by atoms with Gasteiger partial charge in [0.25, 0.3) is 0 Å². The van der Waals surface area contributed by atoms with Gasteiger partial charge in [0.15, 0.2) is 0 Å². The molecule has 5 heteroatoms. The molecule has 0 bridgehead atoms. The van der Waals surface area contributed by atoms with Crippen LogP contribution in [-0.4, -0.2) is 23.5 Å². The van der Waals surface area contributed by atoms with Crippen LogP contribution in [0.5, 0.6) is 0 Å². The highest BCUT2D eigenvalue weighted by atomic mass is 35.5. The first-order valence-corrected chi connectivity index (χ1v) is 5.93. The Balaban J connectivity index is 2.98. The molecule has 4 nitrogen and oxygen atoms in total. The smallest absolute Gasteiger partial charge is 0.304 e. The summed E-state index contributed by atoms with van der Waals surface area (Å²) >= 11 is 5.81. The summed E-state index contributed by atoms with van der Waals surface area (Å²) in [4.78, 5) is 21.9. The average Bonchev–Trinajstić information content (AvgIpc) is 2.26. The maximum Gasteiger partial charge on any atom is 0.304 e. The molecule has 0 saturated heterocycles. The van der Waals surface area contributed by atoms with E-state index in [4.69, 9.17) is 16.7 Å². The number of rotatable bonds is 5. The fourth-order valence-electron chi connectivity index (χ4n) is 1.77. The van der Waals surface area contributed by atoms with Crippen molar-refractivity contribution in [3.63, 3.8) is 0 Å². The van der Waals surface area contributed by atoms with E-state index in [0.717, 1.165) is 5.56 Å². The predicted molar refractivity (Wildman–Crippen MR) is 69.7 cm³/mol. The van der Waals surface area contributed by atoms with E-state index in [0.29, 0.717) is 5.02 Å². The largest absolute Gasteiger partial charge is 0.481 e. The molecule has 0 spiro atoms. The number of nitrogens with one attached hydrogen (secondary N) is 1. The van der Waals surface area contributed by atoms with Crippen molar-refractivity contribution in [1.82, 2.24) is 5.32 Å². The fourth-order valence-corrected chi connectivity index (χ4v) is 1.90. The topological polar surface area (TPSA) is 66.4 Å². The molecule has 1 amide bonds. The van der Waals surface area contributed by atoms with Gasteiger partial charge in [0, 0.05) is 23.9 Å². The summed E-state index contributed by atoms with van der Waals surface area (Å²) in [7, 11) is 0. The standard InChI is InChI=1S/C13H16ClNO3/c1-9(16)15-8-13(2,7-12(17)18)10-3-5-11(14)6-4-10/h3-6H,7-8H2,1-2H3,(H,15,16)(H,17,18). The van der Waals surface area contributed by atoms with Crippen molar-refractivity contribution in [1.29, 1.82) is 0 Å². The summed E-state index contributed by atoms with van der Waals surface area (Å²) in [6.07, 6.45) is -0.0606. The molecule has 1 unspecified atom stereocenters. The first kappa shape index (κ1) is 14.5.